The molecule has 1 aromatic rings. The molecule has 0 saturated carbocycles. The van der Waals surface area contributed by atoms with Crippen LogP contribution < -0.4 is 4.74 Å². The SMILES string of the molecule is CC(C)Oc1ccc2c(c1)[C@H](C[C@H]1CCCN1C)CS2. The highest BCUT2D eigenvalue weighted by atomic mass is 32.2. The van der Waals surface area contributed by atoms with E-state index in [1.54, 1.807) is 0 Å². The number of rotatable bonds is 4. The van der Waals surface area contributed by atoms with Crippen molar-refractivity contribution in [1.82, 2.24) is 4.90 Å². The summed E-state index contributed by atoms with van der Waals surface area (Å²) in [6.07, 6.45) is 4.29. The zero-order valence-electron chi connectivity index (χ0n) is 12.8. The number of fused-ring (bicyclic) bond motifs is 1. The molecular formula is C17H25NOS. The van der Waals surface area contributed by atoms with Gasteiger partial charge in [-0.2, -0.15) is 0 Å². The lowest BCUT2D eigenvalue weighted by Crippen LogP contribution is -2.26. The summed E-state index contributed by atoms with van der Waals surface area (Å²) in [5.74, 6) is 2.98. The first kappa shape index (κ1) is 14.3. The standard InChI is InChI=1S/C17H25NOS/c1-12(2)19-15-6-7-17-16(10-15)13(11-20-17)9-14-5-4-8-18(14)3/h6-7,10,12-14H,4-5,8-9,11H2,1-3H3/t13-,14-/m1/s1. The van der Waals surface area contributed by atoms with Crippen molar-refractivity contribution in [2.24, 2.45) is 0 Å². The number of hydrogen-bond donors (Lipinski definition) is 0. The van der Waals surface area contributed by atoms with Gasteiger partial charge in [0.15, 0.2) is 0 Å². The molecule has 0 spiro atoms. The lowest BCUT2D eigenvalue weighted by Gasteiger charge is -2.23. The Hall–Kier alpha value is -0.670. The van der Waals surface area contributed by atoms with Crippen LogP contribution in [0.4, 0.5) is 0 Å². The summed E-state index contributed by atoms with van der Waals surface area (Å²) < 4.78 is 5.86. The molecule has 0 unspecified atom stereocenters. The molecule has 1 fully saturated rings. The fraction of sp³-hybridized carbons (Fsp3) is 0.647. The Balaban J connectivity index is 1.74. The molecule has 0 bridgehead atoms. The zero-order chi connectivity index (χ0) is 14.1. The second-order valence-corrected chi connectivity index (χ2v) is 7.45. The van der Waals surface area contributed by atoms with Gasteiger partial charge < -0.3 is 9.64 Å². The van der Waals surface area contributed by atoms with E-state index >= 15 is 0 Å². The summed E-state index contributed by atoms with van der Waals surface area (Å²) in [6.45, 7) is 5.45. The molecule has 2 heterocycles. The fourth-order valence-corrected chi connectivity index (χ4v) is 4.66. The second-order valence-electron chi connectivity index (χ2n) is 6.39. The van der Waals surface area contributed by atoms with Gasteiger partial charge in [-0.15, -0.1) is 11.8 Å². The lowest BCUT2D eigenvalue weighted by atomic mass is 9.93. The fourth-order valence-electron chi connectivity index (χ4n) is 3.40. The first-order valence-electron chi connectivity index (χ1n) is 7.77. The maximum Gasteiger partial charge on any atom is 0.120 e. The largest absolute Gasteiger partial charge is 0.491 e. The van der Waals surface area contributed by atoms with Gasteiger partial charge in [0.2, 0.25) is 0 Å². The van der Waals surface area contributed by atoms with Crippen molar-refractivity contribution < 1.29 is 4.74 Å². The first-order chi connectivity index (χ1) is 9.63. The summed E-state index contributed by atoms with van der Waals surface area (Å²) in [7, 11) is 2.28. The Labute approximate surface area is 126 Å². The molecule has 3 heteroatoms. The molecule has 3 rings (SSSR count). The molecule has 2 atom stereocenters. The summed E-state index contributed by atoms with van der Waals surface area (Å²) in [5.41, 5.74) is 1.52. The summed E-state index contributed by atoms with van der Waals surface area (Å²) >= 11 is 2.01. The van der Waals surface area contributed by atoms with Crippen molar-refractivity contribution in [3.8, 4) is 5.75 Å². The molecule has 110 valence electrons. The van der Waals surface area contributed by atoms with Crippen LogP contribution >= 0.6 is 11.8 Å². The van der Waals surface area contributed by atoms with Crippen LogP contribution in [0.3, 0.4) is 0 Å². The number of ether oxygens (including phenoxy) is 1. The number of benzene rings is 1. The minimum atomic E-state index is 0.251. The van der Waals surface area contributed by atoms with Gasteiger partial charge in [0, 0.05) is 16.7 Å². The van der Waals surface area contributed by atoms with Crippen molar-refractivity contribution in [2.45, 2.75) is 56.1 Å². The van der Waals surface area contributed by atoms with Crippen molar-refractivity contribution >= 4 is 11.8 Å². The molecule has 0 amide bonds. The van der Waals surface area contributed by atoms with Crippen LogP contribution in [-0.2, 0) is 0 Å². The third-order valence-corrected chi connectivity index (χ3v) is 5.71. The van der Waals surface area contributed by atoms with Gasteiger partial charge in [0.1, 0.15) is 5.75 Å². The van der Waals surface area contributed by atoms with Crippen molar-refractivity contribution in [3.05, 3.63) is 23.8 Å². The quantitative estimate of drug-likeness (QED) is 0.827. The predicted octanol–water partition coefficient (Wildman–Crippen LogP) is 4.15. The van der Waals surface area contributed by atoms with Crippen LogP contribution in [0.5, 0.6) is 5.75 Å². The van der Waals surface area contributed by atoms with E-state index in [0.717, 1.165) is 11.8 Å². The van der Waals surface area contributed by atoms with Gasteiger partial charge >= 0.3 is 0 Å². The molecule has 2 aliphatic rings. The van der Waals surface area contributed by atoms with Crippen LogP contribution in [0.2, 0.25) is 0 Å². The van der Waals surface area contributed by atoms with Gasteiger partial charge in [0.25, 0.3) is 0 Å². The highest BCUT2D eigenvalue weighted by Gasteiger charge is 2.30. The van der Waals surface area contributed by atoms with E-state index in [4.69, 9.17) is 4.74 Å². The van der Waals surface area contributed by atoms with Crippen LogP contribution in [0.15, 0.2) is 23.1 Å². The van der Waals surface area contributed by atoms with Gasteiger partial charge in [-0.05, 0) is 76.4 Å². The lowest BCUT2D eigenvalue weighted by molar-refractivity contribution is 0.241. The molecule has 0 aliphatic carbocycles. The average molecular weight is 291 g/mol. The van der Waals surface area contributed by atoms with E-state index in [-0.39, 0.29) is 6.10 Å². The Morgan fingerprint density at radius 3 is 2.95 bits per heavy atom. The van der Waals surface area contributed by atoms with E-state index in [9.17, 15) is 0 Å². The Morgan fingerprint density at radius 1 is 1.40 bits per heavy atom. The molecule has 20 heavy (non-hydrogen) atoms. The molecule has 1 aromatic carbocycles. The summed E-state index contributed by atoms with van der Waals surface area (Å²) in [4.78, 5) is 4.00. The Kier molecular flexibility index (Phi) is 4.27. The predicted molar refractivity (Wildman–Crippen MR) is 85.9 cm³/mol. The summed E-state index contributed by atoms with van der Waals surface area (Å²) in [6, 6.07) is 7.43. The minimum absolute atomic E-state index is 0.251. The van der Waals surface area contributed by atoms with Gasteiger partial charge in [-0.1, -0.05) is 0 Å². The van der Waals surface area contributed by atoms with Crippen molar-refractivity contribution in [1.29, 1.82) is 0 Å². The maximum atomic E-state index is 5.86. The number of nitrogens with zero attached hydrogens (tertiary/aromatic N) is 1. The first-order valence-corrected chi connectivity index (χ1v) is 8.75. The van der Waals surface area contributed by atoms with Gasteiger partial charge in [-0.3, -0.25) is 0 Å². The topological polar surface area (TPSA) is 12.5 Å². The zero-order valence-corrected chi connectivity index (χ0v) is 13.6. The Morgan fingerprint density at radius 2 is 2.25 bits per heavy atom. The van der Waals surface area contributed by atoms with E-state index < -0.39 is 0 Å². The molecule has 1 saturated heterocycles. The van der Waals surface area contributed by atoms with Gasteiger partial charge in [0.05, 0.1) is 6.10 Å². The number of hydrogen-bond acceptors (Lipinski definition) is 3. The monoisotopic (exact) mass is 291 g/mol. The molecular weight excluding hydrogens is 266 g/mol. The normalized spacial score (nSPS) is 26.2. The van der Waals surface area contributed by atoms with Crippen LogP contribution in [0.1, 0.15) is 44.6 Å². The highest BCUT2D eigenvalue weighted by molar-refractivity contribution is 7.99. The number of likely N-dealkylation sites (tertiary alicyclic amines) is 1. The average Bonchev–Trinajstić information content (AvgIpc) is 2.97. The van der Waals surface area contributed by atoms with Gasteiger partial charge in [-0.25, -0.2) is 0 Å². The third kappa shape index (κ3) is 2.99. The molecule has 0 radical (unpaired) electrons. The molecule has 2 nitrogen and oxygen atoms in total. The molecule has 2 aliphatic heterocycles. The van der Waals surface area contributed by atoms with Crippen LogP contribution in [0, 0.1) is 0 Å². The van der Waals surface area contributed by atoms with E-state index in [1.165, 1.54) is 42.0 Å². The summed E-state index contributed by atoms with van der Waals surface area (Å²) in [5, 5.41) is 0. The number of thioether (sulfide) groups is 1. The maximum absolute atomic E-state index is 5.86. The van der Waals surface area contributed by atoms with Crippen LogP contribution in [0.25, 0.3) is 0 Å². The van der Waals surface area contributed by atoms with Crippen molar-refractivity contribution in [2.75, 3.05) is 19.3 Å². The molecule has 0 aromatic heterocycles. The third-order valence-electron chi connectivity index (χ3n) is 4.46. The highest BCUT2D eigenvalue weighted by Crippen LogP contribution is 2.44. The smallest absolute Gasteiger partial charge is 0.120 e. The van der Waals surface area contributed by atoms with E-state index in [0.29, 0.717) is 5.92 Å². The Bertz CT molecular complexity index is 474. The van der Waals surface area contributed by atoms with Crippen molar-refractivity contribution in [3.63, 3.8) is 0 Å². The van der Waals surface area contributed by atoms with E-state index in [2.05, 4.69) is 44.0 Å². The van der Waals surface area contributed by atoms with Crippen LogP contribution in [-0.4, -0.2) is 36.4 Å². The molecule has 0 N–H and O–H groups in total. The second kappa shape index (κ2) is 5.98. The minimum Gasteiger partial charge on any atom is -0.491 e. The van der Waals surface area contributed by atoms with E-state index in [1.807, 2.05) is 11.8 Å².